The molecular weight excluding hydrogens is 521 g/mol. The number of aromatic nitrogens is 2. The number of anilines is 2. The lowest BCUT2D eigenvalue weighted by molar-refractivity contribution is -0.0493. The molecule has 0 radical (unpaired) electrons. The number of rotatable bonds is 6. The van der Waals surface area contributed by atoms with E-state index in [4.69, 9.17) is 35.4 Å². The number of benzene rings is 2. The molecule has 0 aliphatic heterocycles. The maximum Gasteiger partial charge on any atom is 0.387 e. The summed E-state index contributed by atoms with van der Waals surface area (Å²) < 4.78 is 32.2. The maximum atomic E-state index is 12.6. The Morgan fingerprint density at radius 3 is 2.67 bits per heavy atom. The van der Waals surface area contributed by atoms with E-state index in [-0.39, 0.29) is 10.9 Å². The first-order valence-corrected chi connectivity index (χ1v) is 10.5. The number of hydrogen-bond donors (Lipinski definition) is 2. The molecule has 0 saturated carbocycles. The molecule has 1 aromatic heterocycles. The lowest BCUT2D eigenvalue weighted by Crippen LogP contribution is -2.20. The average Bonchev–Trinajstić information content (AvgIpc) is 2.99. The molecule has 0 atom stereocenters. The number of thiocarbonyl (C=S) groups is 1. The number of nitrogens with zero attached hydrogens (tertiary/aromatic N) is 2. The quantitative estimate of drug-likeness (QED) is 0.343. The molecule has 0 spiro atoms. The van der Waals surface area contributed by atoms with Crippen molar-refractivity contribution in [1.29, 1.82) is 0 Å². The van der Waals surface area contributed by atoms with E-state index in [1.54, 1.807) is 35.1 Å². The molecule has 0 amide bonds. The first-order chi connectivity index (χ1) is 14.2. The Kier molecular flexibility index (Phi) is 7.51. The van der Waals surface area contributed by atoms with Gasteiger partial charge in [-0.1, -0.05) is 35.3 Å². The van der Waals surface area contributed by atoms with Crippen molar-refractivity contribution in [3.8, 4) is 5.75 Å². The Hall–Kier alpha value is -1.94. The summed E-state index contributed by atoms with van der Waals surface area (Å²) >= 11 is 20.7. The zero-order chi connectivity index (χ0) is 21.8. The first-order valence-electron chi connectivity index (χ1n) is 8.51. The number of hydrogen-bond acceptors (Lipinski definition) is 3. The van der Waals surface area contributed by atoms with E-state index >= 15 is 0 Å². The average molecular weight is 536 g/mol. The molecule has 1 heterocycles. The minimum atomic E-state index is -2.94. The monoisotopic (exact) mass is 534 g/mol. The summed E-state index contributed by atoms with van der Waals surface area (Å²) in [4.78, 5) is 0. The summed E-state index contributed by atoms with van der Waals surface area (Å²) in [6.45, 7) is -0.655. The van der Waals surface area contributed by atoms with Crippen molar-refractivity contribution >= 4 is 68.0 Å². The van der Waals surface area contributed by atoms with E-state index in [2.05, 4.69) is 36.4 Å². The van der Waals surface area contributed by atoms with Crippen molar-refractivity contribution in [3.63, 3.8) is 0 Å². The second-order valence-electron chi connectivity index (χ2n) is 6.23. The molecule has 11 heteroatoms. The Balaban J connectivity index is 1.70. The van der Waals surface area contributed by atoms with Gasteiger partial charge >= 0.3 is 6.61 Å². The molecule has 0 aliphatic rings. The van der Waals surface area contributed by atoms with Crippen molar-refractivity contribution in [2.45, 2.75) is 20.1 Å². The van der Waals surface area contributed by atoms with Gasteiger partial charge < -0.3 is 15.4 Å². The lowest BCUT2D eigenvalue weighted by Gasteiger charge is -2.14. The van der Waals surface area contributed by atoms with E-state index in [1.165, 1.54) is 6.07 Å². The standard InChI is InChI=1S/C19H15BrCl2F2N4OS/c1-10-2-5-16(29-18(23)24)15(6-10)25-19(30)26-17-12(20)9-28(27-17)8-11-3-4-13(21)14(22)7-11/h2-7,9,18H,8H2,1H3,(H2,25,26,27,30). The SMILES string of the molecule is Cc1ccc(OC(F)F)c(NC(=S)Nc2nn(Cc3ccc(Cl)c(Cl)c3)cc2Br)c1. The largest absolute Gasteiger partial charge is 0.433 e. The van der Waals surface area contributed by atoms with Gasteiger partial charge in [-0.3, -0.25) is 4.68 Å². The van der Waals surface area contributed by atoms with Gasteiger partial charge in [-0.25, -0.2) is 0 Å². The summed E-state index contributed by atoms with van der Waals surface area (Å²) in [6.07, 6.45) is 1.77. The Bertz CT molecular complexity index is 1080. The summed E-state index contributed by atoms with van der Waals surface area (Å²) in [5.74, 6) is 0.445. The van der Waals surface area contributed by atoms with E-state index in [9.17, 15) is 8.78 Å². The van der Waals surface area contributed by atoms with Gasteiger partial charge in [-0.15, -0.1) is 0 Å². The van der Waals surface area contributed by atoms with Gasteiger partial charge in [0, 0.05) is 6.20 Å². The molecule has 5 nitrogen and oxygen atoms in total. The van der Waals surface area contributed by atoms with Crippen LogP contribution in [0.15, 0.2) is 47.1 Å². The molecule has 3 aromatic rings. The highest BCUT2D eigenvalue weighted by molar-refractivity contribution is 9.10. The minimum absolute atomic E-state index is 0.0102. The number of alkyl halides is 2. The van der Waals surface area contributed by atoms with E-state index in [1.807, 2.05) is 13.0 Å². The summed E-state index contributed by atoms with van der Waals surface area (Å²) in [5, 5.41) is 11.3. The van der Waals surface area contributed by atoms with Gasteiger partial charge in [0.15, 0.2) is 10.9 Å². The lowest BCUT2D eigenvalue weighted by atomic mass is 10.2. The van der Waals surface area contributed by atoms with Crippen LogP contribution in [0.25, 0.3) is 0 Å². The molecule has 2 aromatic carbocycles. The summed E-state index contributed by atoms with van der Waals surface area (Å²) in [5.41, 5.74) is 2.09. The number of halogens is 5. The molecule has 158 valence electrons. The molecule has 2 N–H and O–H groups in total. The third-order valence-corrected chi connectivity index (χ3v) is 5.40. The van der Waals surface area contributed by atoms with Gasteiger partial charge in [-0.05, 0) is 70.5 Å². The maximum absolute atomic E-state index is 12.6. The molecular formula is C19H15BrCl2F2N4OS. The second-order valence-corrected chi connectivity index (χ2v) is 8.31. The summed E-state index contributed by atoms with van der Waals surface area (Å²) in [7, 11) is 0. The molecule has 0 aliphatic carbocycles. The zero-order valence-electron chi connectivity index (χ0n) is 15.4. The van der Waals surface area contributed by atoms with Gasteiger partial charge in [0.05, 0.1) is 26.8 Å². The van der Waals surface area contributed by atoms with Gasteiger partial charge in [0.2, 0.25) is 0 Å². The fraction of sp³-hybridized carbons (Fsp3) is 0.158. The van der Waals surface area contributed by atoms with Crippen LogP contribution in [-0.4, -0.2) is 21.5 Å². The molecule has 0 saturated heterocycles. The van der Waals surface area contributed by atoms with Crippen LogP contribution in [0.4, 0.5) is 20.3 Å². The van der Waals surface area contributed by atoms with Crippen molar-refractivity contribution in [3.05, 3.63) is 68.2 Å². The van der Waals surface area contributed by atoms with Gasteiger partial charge in [0.25, 0.3) is 0 Å². The highest BCUT2D eigenvalue weighted by Gasteiger charge is 2.13. The Morgan fingerprint density at radius 1 is 1.20 bits per heavy atom. The van der Waals surface area contributed by atoms with Crippen molar-refractivity contribution < 1.29 is 13.5 Å². The first kappa shape index (κ1) is 22.7. The topological polar surface area (TPSA) is 51.1 Å². The Labute approximate surface area is 195 Å². The third kappa shape index (κ3) is 6.04. The predicted molar refractivity (Wildman–Crippen MR) is 123 cm³/mol. The molecule has 0 bridgehead atoms. The molecule has 3 rings (SSSR count). The van der Waals surface area contributed by atoms with Crippen LogP contribution < -0.4 is 15.4 Å². The molecule has 0 unspecified atom stereocenters. The predicted octanol–water partition coefficient (Wildman–Crippen LogP) is 6.72. The third-order valence-electron chi connectivity index (χ3n) is 3.88. The number of ether oxygens (including phenoxy) is 1. The van der Waals surface area contributed by atoms with Crippen molar-refractivity contribution in [2.24, 2.45) is 0 Å². The van der Waals surface area contributed by atoms with Crippen LogP contribution >= 0.6 is 51.3 Å². The number of nitrogens with one attached hydrogen (secondary N) is 2. The van der Waals surface area contributed by atoms with Crippen LogP contribution in [0.3, 0.4) is 0 Å². The number of aryl methyl sites for hydroxylation is 1. The van der Waals surface area contributed by atoms with Crippen LogP contribution in [0.5, 0.6) is 5.75 Å². The Morgan fingerprint density at radius 2 is 1.97 bits per heavy atom. The van der Waals surface area contributed by atoms with Crippen LogP contribution in [0.2, 0.25) is 10.0 Å². The zero-order valence-corrected chi connectivity index (χ0v) is 19.3. The van der Waals surface area contributed by atoms with Crippen LogP contribution in [0.1, 0.15) is 11.1 Å². The van der Waals surface area contributed by atoms with E-state index in [0.29, 0.717) is 32.6 Å². The van der Waals surface area contributed by atoms with Crippen molar-refractivity contribution in [1.82, 2.24) is 9.78 Å². The minimum Gasteiger partial charge on any atom is -0.433 e. The van der Waals surface area contributed by atoms with Crippen LogP contribution in [-0.2, 0) is 6.54 Å². The van der Waals surface area contributed by atoms with Crippen LogP contribution in [0, 0.1) is 6.92 Å². The van der Waals surface area contributed by atoms with Crippen molar-refractivity contribution in [2.75, 3.05) is 10.6 Å². The van der Waals surface area contributed by atoms with Gasteiger partial charge in [0.1, 0.15) is 5.75 Å². The smallest absolute Gasteiger partial charge is 0.387 e. The molecule has 0 fully saturated rings. The van der Waals surface area contributed by atoms with E-state index < -0.39 is 6.61 Å². The van der Waals surface area contributed by atoms with Gasteiger partial charge in [-0.2, -0.15) is 13.9 Å². The molecule has 30 heavy (non-hydrogen) atoms. The highest BCUT2D eigenvalue weighted by Crippen LogP contribution is 2.28. The van der Waals surface area contributed by atoms with E-state index in [0.717, 1.165) is 11.1 Å². The highest BCUT2D eigenvalue weighted by atomic mass is 79.9. The fourth-order valence-electron chi connectivity index (χ4n) is 2.59. The summed E-state index contributed by atoms with van der Waals surface area (Å²) in [6, 6.07) is 10.1. The second kappa shape index (κ2) is 9.91. The normalized spacial score (nSPS) is 10.9. The fourth-order valence-corrected chi connectivity index (χ4v) is 3.53.